The molecule has 0 saturated heterocycles. The summed E-state index contributed by atoms with van der Waals surface area (Å²) in [5.74, 6) is 0.766. The molecule has 0 amide bonds. The Labute approximate surface area is 75.5 Å². The predicted octanol–water partition coefficient (Wildman–Crippen LogP) is 1.74. The first-order valence-corrected chi connectivity index (χ1v) is 3.91. The third-order valence-electron chi connectivity index (χ3n) is 1.72. The lowest BCUT2D eigenvalue weighted by atomic mass is 10.3. The van der Waals surface area contributed by atoms with Gasteiger partial charge in [-0.3, -0.25) is 3.97 Å². The van der Waals surface area contributed by atoms with Crippen molar-refractivity contribution in [1.82, 2.24) is 8.96 Å². The van der Waals surface area contributed by atoms with Gasteiger partial charge in [0, 0.05) is 11.6 Å². The summed E-state index contributed by atoms with van der Waals surface area (Å²) in [7, 11) is 1.63. The maximum Gasteiger partial charge on any atom is 0.150 e. The van der Waals surface area contributed by atoms with Crippen molar-refractivity contribution in [3.05, 3.63) is 24.5 Å². The topological polar surface area (TPSA) is 27.1 Å². The second-order valence-corrected chi connectivity index (χ2v) is 2.88. The first-order chi connectivity index (χ1) is 5.81. The fraction of sp³-hybridized carbons (Fsp3) is 0.125. The first-order valence-electron chi connectivity index (χ1n) is 3.51. The molecule has 0 aliphatic carbocycles. The minimum Gasteiger partial charge on any atom is -0.495 e. The lowest BCUT2D eigenvalue weighted by Crippen LogP contribution is -1.85. The van der Waals surface area contributed by atoms with Gasteiger partial charge in [0.05, 0.1) is 13.3 Å². The van der Waals surface area contributed by atoms with E-state index >= 15 is 0 Å². The van der Waals surface area contributed by atoms with Crippen molar-refractivity contribution in [1.29, 1.82) is 0 Å². The molecule has 12 heavy (non-hydrogen) atoms. The van der Waals surface area contributed by atoms with Gasteiger partial charge in [-0.25, -0.2) is 4.98 Å². The molecule has 0 aliphatic rings. The van der Waals surface area contributed by atoms with Crippen LogP contribution in [-0.4, -0.2) is 16.1 Å². The van der Waals surface area contributed by atoms with Gasteiger partial charge >= 0.3 is 0 Å². The summed E-state index contributed by atoms with van der Waals surface area (Å²) in [4.78, 5) is 4.17. The quantitative estimate of drug-likeness (QED) is 0.677. The summed E-state index contributed by atoms with van der Waals surface area (Å²) in [6, 6.07) is 3.87. The summed E-state index contributed by atoms with van der Waals surface area (Å²) in [6.07, 6.45) is 3.52. The molecule has 0 fully saturated rings. The Kier molecular flexibility index (Phi) is 1.69. The molecule has 0 N–H and O–H groups in total. The van der Waals surface area contributed by atoms with Crippen molar-refractivity contribution in [2.75, 3.05) is 7.11 Å². The minimum atomic E-state index is 0.766. The Morgan fingerprint density at radius 1 is 1.58 bits per heavy atom. The smallest absolute Gasteiger partial charge is 0.150 e. The molecular weight excluding hydrogens is 172 g/mol. The summed E-state index contributed by atoms with van der Waals surface area (Å²) in [5, 5.41) is 1.03. The molecule has 2 aromatic rings. The predicted molar refractivity (Wildman–Crippen MR) is 50.7 cm³/mol. The van der Waals surface area contributed by atoms with Gasteiger partial charge < -0.3 is 4.74 Å². The molecule has 0 bridgehead atoms. The second-order valence-electron chi connectivity index (χ2n) is 2.45. The number of ether oxygens (including phenoxy) is 1. The molecule has 0 aromatic carbocycles. The summed E-state index contributed by atoms with van der Waals surface area (Å²) in [5.41, 5.74) is 0.846. The second kappa shape index (κ2) is 2.71. The molecule has 0 spiro atoms. The highest BCUT2D eigenvalue weighted by Crippen LogP contribution is 2.19. The fourth-order valence-corrected chi connectivity index (χ4v) is 1.34. The van der Waals surface area contributed by atoms with Gasteiger partial charge in [-0.15, -0.1) is 0 Å². The van der Waals surface area contributed by atoms with E-state index in [9.17, 15) is 0 Å². The average Bonchev–Trinajstić information content (AvgIpc) is 2.47. The standard InChI is InChI=1S/C8H8N2OS/c1-11-7-4-6-2-3-10(12)8(6)9-5-7/h2-5,12H,1H3. The number of pyridine rings is 1. The van der Waals surface area contributed by atoms with Crippen molar-refractivity contribution in [2.45, 2.75) is 0 Å². The van der Waals surface area contributed by atoms with E-state index in [2.05, 4.69) is 17.8 Å². The number of rotatable bonds is 1. The van der Waals surface area contributed by atoms with Crippen molar-refractivity contribution < 1.29 is 4.74 Å². The van der Waals surface area contributed by atoms with Gasteiger partial charge in [0.15, 0.2) is 0 Å². The van der Waals surface area contributed by atoms with E-state index in [1.165, 1.54) is 0 Å². The lowest BCUT2D eigenvalue weighted by molar-refractivity contribution is 0.413. The van der Waals surface area contributed by atoms with Gasteiger partial charge in [-0.1, -0.05) is 12.8 Å². The molecule has 0 atom stereocenters. The Balaban J connectivity index is 2.69. The third-order valence-corrected chi connectivity index (χ3v) is 2.04. The molecule has 2 rings (SSSR count). The van der Waals surface area contributed by atoms with E-state index in [4.69, 9.17) is 4.74 Å². The fourth-order valence-electron chi connectivity index (χ4n) is 1.10. The van der Waals surface area contributed by atoms with Gasteiger partial charge in [-0.05, 0) is 12.1 Å². The van der Waals surface area contributed by atoms with E-state index in [1.54, 1.807) is 17.3 Å². The van der Waals surface area contributed by atoms with Gasteiger partial charge in [0.1, 0.15) is 11.4 Å². The lowest BCUT2D eigenvalue weighted by Gasteiger charge is -1.98. The van der Waals surface area contributed by atoms with Gasteiger partial charge in [0.2, 0.25) is 0 Å². The molecule has 62 valence electrons. The molecule has 2 aromatic heterocycles. The minimum absolute atomic E-state index is 0.766. The van der Waals surface area contributed by atoms with Crippen LogP contribution in [0.25, 0.3) is 11.0 Å². The molecule has 0 aliphatic heterocycles. The number of nitrogens with zero attached hydrogens (tertiary/aromatic N) is 2. The summed E-state index contributed by atoms with van der Waals surface area (Å²) >= 11 is 4.18. The number of aromatic nitrogens is 2. The van der Waals surface area contributed by atoms with Crippen LogP contribution in [0.4, 0.5) is 0 Å². The number of methoxy groups -OCH3 is 1. The maximum absolute atomic E-state index is 5.03. The highest BCUT2D eigenvalue weighted by Gasteiger charge is 2.00. The molecule has 4 heteroatoms. The van der Waals surface area contributed by atoms with E-state index < -0.39 is 0 Å². The number of hydrogen-bond donors (Lipinski definition) is 1. The summed E-state index contributed by atoms with van der Waals surface area (Å²) in [6.45, 7) is 0. The SMILES string of the molecule is COc1cnc2c(ccn2S)c1. The number of hydrogen-bond acceptors (Lipinski definition) is 3. The Bertz CT molecular complexity index is 410. The molecule has 0 saturated carbocycles. The van der Waals surface area contributed by atoms with Crippen LogP contribution in [0, 0.1) is 0 Å². The van der Waals surface area contributed by atoms with Crippen LogP contribution in [0.15, 0.2) is 24.5 Å². The van der Waals surface area contributed by atoms with Gasteiger partial charge in [0.25, 0.3) is 0 Å². The first kappa shape index (κ1) is 7.49. The highest BCUT2D eigenvalue weighted by atomic mass is 32.1. The Morgan fingerprint density at radius 3 is 3.17 bits per heavy atom. The van der Waals surface area contributed by atoms with E-state index in [-0.39, 0.29) is 0 Å². The number of fused-ring (bicyclic) bond motifs is 1. The van der Waals surface area contributed by atoms with E-state index in [1.807, 2.05) is 18.3 Å². The Hall–Kier alpha value is -1.16. The van der Waals surface area contributed by atoms with Crippen LogP contribution < -0.4 is 4.74 Å². The van der Waals surface area contributed by atoms with Crippen LogP contribution in [0.5, 0.6) is 5.75 Å². The zero-order valence-corrected chi connectivity index (χ0v) is 7.45. The maximum atomic E-state index is 5.03. The molecule has 0 radical (unpaired) electrons. The van der Waals surface area contributed by atoms with Crippen LogP contribution in [0.3, 0.4) is 0 Å². The highest BCUT2D eigenvalue weighted by molar-refractivity contribution is 7.78. The van der Waals surface area contributed by atoms with Crippen molar-refractivity contribution in [3.63, 3.8) is 0 Å². The largest absolute Gasteiger partial charge is 0.495 e. The zero-order valence-electron chi connectivity index (χ0n) is 6.56. The molecule has 0 unspecified atom stereocenters. The van der Waals surface area contributed by atoms with Crippen molar-refractivity contribution in [2.24, 2.45) is 0 Å². The normalized spacial score (nSPS) is 10.5. The third kappa shape index (κ3) is 1.04. The van der Waals surface area contributed by atoms with Crippen LogP contribution >= 0.6 is 12.8 Å². The van der Waals surface area contributed by atoms with E-state index in [0.29, 0.717) is 0 Å². The van der Waals surface area contributed by atoms with Gasteiger partial charge in [-0.2, -0.15) is 0 Å². The summed E-state index contributed by atoms with van der Waals surface area (Å²) < 4.78 is 6.71. The number of thiol groups is 1. The Morgan fingerprint density at radius 2 is 2.42 bits per heavy atom. The zero-order chi connectivity index (χ0) is 8.55. The van der Waals surface area contributed by atoms with Crippen LogP contribution in [0.2, 0.25) is 0 Å². The van der Waals surface area contributed by atoms with Crippen molar-refractivity contribution >= 4 is 23.8 Å². The average molecular weight is 180 g/mol. The monoisotopic (exact) mass is 180 g/mol. The molecule has 3 nitrogen and oxygen atoms in total. The molecular formula is C8H8N2OS. The van der Waals surface area contributed by atoms with Crippen molar-refractivity contribution in [3.8, 4) is 5.75 Å². The van der Waals surface area contributed by atoms with Crippen LogP contribution in [0.1, 0.15) is 0 Å². The molecule has 2 heterocycles. The van der Waals surface area contributed by atoms with E-state index in [0.717, 1.165) is 16.8 Å². The van der Waals surface area contributed by atoms with Crippen LogP contribution in [-0.2, 0) is 0 Å².